The molecule has 2 N–H and O–H groups in total. The van der Waals surface area contributed by atoms with E-state index >= 15 is 0 Å². The fourth-order valence-electron chi connectivity index (χ4n) is 4.35. The maximum absolute atomic E-state index is 13.4. The lowest BCUT2D eigenvalue weighted by atomic mass is 10.1. The van der Waals surface area contributed by atoms with Crippen molar-refractivity contribution in [2.75, 3.05) is 37.2 Å². The van der Waals surface area contributed by atoms with Crippen LogP contribution < -0.4 is 15.9 Å². The predicted octanol–water partition coefficient (Wildman–Crippen LogP) is 3.66. The van der Waals surface area contributed by atoms with Crippen LogP contribution in [0, 0.1) is 0 Å². The molecule has 190 valence electrons. The molecular weight excluding hydrogens is 462 g/mol. The molecule has 1 aliphatic heterocycles. The van der Waals surface area contributed by atoms with E-state index in [1.54, 1.807) is 42.0 Å². The largest absolute Gasteiger partial charge is 0.383 e. The summed E-state index contributed by atoms with van der Waals surface area (Å²) < 4.78 is 6.85. The summed E-state index contributed by atoms with van der Waals surface area (Å²) in [4.78, 5) is 44.8. The summed E-state index contributed by atoms with van der Waals surface area (Å²) in [5.41, 5.74) is 1.17. The summed E-state index contributed by atoms with van der Waals surface area (Å²) >= 11 is 0. The molecular formula is C26H31N5O5. The highest BCUT2D eigenvalue weighted by molar-refractivity contribution is 6.02. The molecule has 3 aromatic rings. The molecule has 1 fully saturated rings. The minimum atomic E-state index is -0.829. The number of ketones is 1. The van der Waals surface area contributed by atoms with Crippen molar-refractivity contribution in [3.63, 3.8) is 0 Å². The second-order valence-corrected chi connectivity index (χ2v) is 8.89. The standard InChI is InChI=1S/C26H31N5O5/c1-18(32)19-7-6-8-21(15-19)31(35)26(34)27-20-9-10-23-22(16-20)25(33)30(13-14-36-2)24(28-23)17-29-11-4-3-5-12-29/h6-10,15-16,35H,3-5,11-14,17H2,1-2H3,(H,27,34). The van der Waals surface area contributed by atoms with Gasteiger partial charge >= 0.3 is 6.03 Å². The van der Waals surface area contributed by atoms with Crippen LogP contribution in [0.3, 0.4) is 0 Å². The number of piperidine rings is 1. The Balaban J connectivity index is 1.60. The highest BCUT2D eigenvalue weighted by Crippen LogP contribution is 2.20. The molecule has 0 bridgehead atoms. The number of methoxy groups -OCH3 is 1. The topological polar surface area (TPSA) is 117 Å². The van der Waals surface area contributed by atoms with E-state index in [-0.39, 0.29) is 17.0 Å². The third-order valence-corrected chi connectivity index (χ3v) is 6.31. The highest BCUT2D eigenvalue weighted by Gasteiger charge is 2.18. The monoisotopic (exact) mass is 493 g/mol. The van der Waals surface area contributed by atoms with Gasteiger partial charge in [-0.15, -0.1) is 0 Å². The quantitative estimate of drug-likeness (QED) is 0.279. The number of nitrogens with zero attached hydrogens (tertiary/aromatic N) is 4. The minimum absolute atomic E-state index is 0.145. The van der Waals surface area contributed by atoms with Crippen LogP contribution in [-0.4, -0.2) is 58.3 Å². The zero-order valence-corrected chi connectivity index (χ0v) is 20.6. The van der Waals surface area contributed by atoms with Gasteiger partial charge in [-0.1, -0.05) is 18.6 Å². The smallest absolute Gasteiger partial charge is 0.350 e. The van der Waals surface area contributed by atoms with Crippen molar-refractivity contribution in [3.8, 4) is 0 Å². The molecule has 10 nitrogen and oxygen atoms in total. The first-order valence-corrected chi connectivity index (χ1v) is 12.0. The Labute approximate surface area is 209 Å². The average Bonchev–Trinajstić information content (AvgIpc) is 2.89. The maximum atomic E-state index is 13.4. The number of hydrogen-bond acceptors (Lipinski definition) is 7. The number of hydroxylamine groups is 1. The first-order valence-electron chi connectivity index (χ1n) is 12.0. The number of Topliss-reactive ketones (excluding diaryl/α,β-unsaturated/α-hetero) is 1. The lowest BCUT2D eigenvalue weighted by Crippen LogP contribution is -2.34. The van der Waals surface area contributed by atoms with E-state index in [4.69, 9.17) is 9.72 Å². The SMILES string of the molecule is COCCn1c(CN2CCCCC2)nc2ccc(NC(=O)N(O)c3cccc(C(C)=O)c3)cc2c1=O. The van der Waals surface area contributed by atoms with Gasteiger partial charge in [-0.05, 0) is 63.2 Å². The second kappa shape index (κ2) is 11.4. The lowest BCUT2D eigenvalue weighted by molar-refractivity contribution is 0.101. The molecule has 0 saturated carbocycles. The van der Waals surface area contributed by atoms with Gasteiger partial charge in [-0.3, -0.25) is 24.3 Å². The van der Waals surface area contributed by atoms with Crippen molar-refractivity contribution in [1.29, 1.82) is 0 Å². The van der Waals surface area contributed by atoms with Crippen LogP contribution in [0.2, 0.25) is 0 Å². The molecule has 1 aromatic heterocycles. The zero-order chi connectivity index (χ0) is 25.7. The van der Waals surface area contributed by atoms with Gasteiger partial charge in [0.05, 0.1) is 36.3 Å². The fraction of sp³-hybridized carbons (Fsp3) is 0.385. The molecule has 0 radical (unpaired) electrons. The number of anilines is 2. The van der Waals surface area contributed by atoms with Gasteiger partial charge < -0.3 is 10.1 Å². The van der Waals surface area contributed by atoms with Crippen LogP contribution in [0.4, 0.5) is 16.2 Å². The summed E-state index contributed by atoms with van der Waals surface area (Å²) in [7, 11) is 1.59. The summed E-state index contributed by atoms with van der Waals surface area (Å²) in [6.45, 7) is 4.70. The minimum Gasteiger partial charge on any atom is -0.383 e. The predicted molar refractivity (Wildman–Crippen MR) is 137 cm³/mol. The third kappa shape index (κ3) is 5.78. The Hall–Kier alpha value is -3.60. The van der Waals surface area contributed by atoms with Gasteiger partial charge in [-0.2, -0.15) is 5.06 Å². The molecule has 36 heavy (non-hydrogen) atoms. The number of amides is 2. The average molecular weight is 494 g/mol. The number of carbonyl (C=O) groups excluding carboxylic acids is 2. The molecule has 10 heteroatoms. The number of likely N-dealkylation sites (tertiary alicyclic amines) is 1. The van der Waals surface area contributed by atoms with E-state index in [1.165, 1.54) is 25.5 Å². The highest BCUT2D eigenvalue weighted by atomic mass is 16.5. The lowest BCUT2D eigenvalue weighted by Gasteiger charge is -2.27. The van der Waals surface area contributed by atoms with Crippen LogP contribution in [0.5, 0.6) is 0 Å². The fourth-order valence-corrected chi connectivity index (χ4v) is 4.35. The van der Waals surface area contributed by atoms with Crippen LogP contribution in [0.25, 0.3) is 10.9 Å². The summed E-state index contributed by atoms with van der Waals surface area (Å²) in [5, 5.41) is 13.7. The van der Waals surface area contributed by atoms with Crippen molar-refractivity contribution in [1.82, 2.24) is 14.5 Å². The van der Waals surface area contributed by atoms with E-state index < -0.39 is 6.03 Å². The van der Waals surface area contributed by atoms with Gasteiger partial charge in [0.25, 0.3) is 5.56 Å². The van der Waals surface area contributed by atoms with E-state index in [9.17, 15) is 19.6 Å². The number of benzene rings is 2. The molecule has 2 aromatic carbocycles. The number of fused-ring (bicyclic) bond motifs is 1. The number of ether oxygens (including phenoxy) is 1. The first-order chi connectivity index (χ1) is 17.4. The summed E-state index contributed by atoms with van der Waals surface area (Å²) in [5.74, 6) is 0.507. The molecule has 0 atom stereocenters. The van der Waals surface area contributed by atoms with E-state index in [1.807, 2.05) is 0 Å². The van der Waals surface area contributed by atoms with E-state index in [0.29, 0.717) is 52.7 Å². The third-order valence-electron chi connectivity index (χ3n) is 6.31. The molecule has 0 aliphatic carbocycles. The van der Waals surface area contributed by atoms with Crippen LogP contribution in [0.1, 0.15) is 42.4 Å². The Morgan fingerprint density at radius 1 is 1.14 bits per heavy atom. The van der Waals surface area contributed by atoms with Crippen LogP contribution >= 0.6 is 0 Å². The van der Waals surface area contributed by atoms with Crippen LogP contribution in [-0.2, 0) is 17.8 Å². The Bertz CT molecular complexity index is 1320. The molecule has 0 unspecified atom stereocenters. The Morgan fingerprint density at radius 3 is 2.64 bits per heavy atom. The number of rotatable bonds is 8. The van der Waals surface area contributed by atoms with Gasteiger partial charge in [0.1, 0.15) is 5.82 Å². The normalized spacial score (nSPS) is 14.1. The van der Waals surface area contributed by atoms with E-state index in [2.05, 4.69) is 10.2 Å². The summed E-state index contributed by atoms with van der Waals surface area (Å²) in [6, 6.07) is 10.2. The number of urea groups is 1. The number of nitrogens with one attached hydrogen (secondary N) is 1. The van der Waals surface area contributed by atoms with Gasteiger partial charge in [0, 0.05) is 18.4 Å². The molecule has 0 spiro atoms. The van der Waals surface area contributed by atoms with Gasteiger partial charge in [0.2, 0.25) is 0 Å². The van der Waals surface area contributed by atoms with E-state index in [0.717, 1.165) is 25.9 Å². The number of aromatic nitrogens is 2. The number of hydrogen-bond donors (Lipinski definition) is 2. The Morgan fingerprint density at radius 2 is 1.92 bits per heavy atom. The molecule has 2 heterocycles. The van der Waals surface area contributed by atoms with Crippen molar-refractivity contribution in [2.45, 2.75) is 39.3 Å². The Kier molecular flexibility index (Phi) is 8.09. The maximum Gasteiger partial charge on any atom is 0.350 e. The zero-order valence-electron chi connectivity index (χ0n) is 20.6. The first kappa shape index (κ1) is 25.5. The second-order valence-electron chi connectivity index (χ2n) is 8.89. The van der Waals surface area contributed by atoms with Gasteiger partial charge in [-0.25, -0.2) is 9.78 Å². The van der Waals surface area contributed by atoms with Crippen LogP contribution in [0.15, 0.2) is 47.3 Å². The number of carbonyl (C=O) groups is 2. The van der Waals surface area contributed by atoms with Crippen molar-refractivity contribution in [3.05, 3.63) is 64.2 Å². The van der Waals surface area contributed by atoms with Crippen molar-refractivity contribution < 1.29 is 19.5 Å². The molecule has 2 amide bonds. The van der Waals surface area contributed by atoms with Crippen molar-refractivity contribution in [2.24, 2.45) is 0 Å². The van der Waals surface area contributed by atoms with Gasteiger partial charge in [0.15, 0.2) is 5.78 Å². The molecule has 1 aliphatic rings. The van der Waals surface area contributed by atoms with Crippen molar-refractivity contribution >= 4 is 34.1 Å². The molecule has 1 saturated heterocycles. The molecule has 4 rings (SSSR count). The summed E-state index contributed by atoms with van der Waals surface area (Å²) in [6.07, 6.45) is 3.50.